The van der Waals surface area contributed by atoms with Crippen molar-refractivity contribution < 1.29 is 14.3 Å². The lowest BCUT2D eigenvalue weighted by molar-refractivity contribution is -0.134. The number of hydrogen-bond donors (Lipinski definition) is 3. The van der Waals surface area contributed by atoms with Crippen LogP contribution in [0.25, 0.3) is 0 Å². The van der Waals surface area contributed by atoms with Crippen LogP contribution in [0.15, 0.2) is 82.9 Å². The highest BCUT2D eigenvalue weighted by molar-refractivity contribution is 6.47. The lowest BCUT2D eigenvalue weighted by Crippen LogP contribution is -2.51. The molecule has 2 aliphatic heterocycles. The van der Waals surface area contributed by atoms with Gasteiger partial charge in [0, 0.05) is 11.1 Å². The van der Waals surface area contributed by atoms with E-state index in [1.54, 1.807) is 0 Å². The summed E-state index contributed by atoms with van der Waals surface area (Å²) in [7, 11) is 0. The van der Waals surface area contributed by atoms with Gasteiger partial charge in [0.15, 0.2) is 0 Å². The Hall–Kier alpha value is -4.21. The van der Waals surface area contributed by atoms with Crippen molar-refractivity contribution in [1.29, 1.82) is 0 Å². The average molecular weight is 667 g/mol. The summed E-state index contributed by atoms with van der Waals surface area (Å²) in [4.78, 5) is 35.0. The molecule has 7 rings (SSSR count). The number of amides is 2. The molecule has 48 heavy (non-hydrogen) atoms. The average Bonchev–Trinajstić information content (AvgIpc) is 3.73. The van der Waals surface area contributed by atoms with E-state index in [1.165, 1.54) is 0 Å². The second kappa shape index (κ2) is 13.7. The van der Waals surface area contributed by atoms with Gasteiger partial charge in [-0.25, -0.2) is 11.0 Å². The van der Waals surface area contributed by atoms with E-state index in [1.807, 2.05) is 72.8 Å². The summed E-state index contributed by atoms with van der Waals surface area (Å²) in [5.41, 5.74) is 9.68. The zero-order valence-electron chi connectivity index (χ0n) is 27.5. The Morgan fingerprint density at radius 2 is 1.77 bits per heavy atom. The largest absolute Gasteiger partial charge is 0.487 e. The zero-order valence-corrected chi connectivity index (χ0v) is 28.3. The highest BCUT2D eigenvalue weighted by Crippen LogP contribution is 2.53. The lowest BCUT2D eigenvalue weighted by atomic mass is 9.76. The summed E-state index contributed by atoms with van der Waals surface area (Å²) in [6.45, 7) is 5.95. The third-order valence-corrected chi connectivity index (χ3v) is 10.6. The molecule has 3 aromatic carbocycles. The van der Waals surface area contributed by atoms with Crippen LogP contribution in [0.1, 0.15) is 85.5 Å². The number of halogens is 1. The molecule has 2 amide bonds. The number of benzene rings is 3. The van der Waals surface area contributed by atoms with E-state index in [-0.39, 0.29) is 17.9 Å². The number of nitrogens with one attached hydrogen (secondary N) is 3. The number of aliphatic imine (C=N–C) groups is 1. The van der Waals surface area contributed by atoms with Crippen LogP contribution in [0.2, 0.25) is 5.02 Å². The van der Waals surface area contributed by atoms with E-state index >= 15 is 0 Å². The molecule has 9 nitrogen and oxygen atoms in total. The number of rotatable bonds is 11. The first-order valence-electron chi connectivity index (χ1n) is 17.1. The summed E-state index contributed by atoms with van der Waals surface area (Å²) in [6, 6.07) is 23.2. The van der Waals surface area contributed by atoms with Gasteiger partial charge in [0.1, 0.15) is 23.7 Å². The van der Waals surface area contributed by atoms with Crippen LogP contribution < -0.4 is 21.0 Å². The second-order valence-corrected chi connectivity index (χ2v) is 14.3. The van der Waals surface area contributed by atoms with E-state index in [9.17, 15) is 9.59 Å². The molecule has 0 unspecified atom stereocenters. The molecule has 4 aliphatic rings. The van der Waals surface area contributed by atoms with E-state index < -0.39 is 5.66 Å². The van der Waals surface area contributed by atoms with Crippen LogP contribution in [0.5, 0.6) is 5.75 Å². The maximum absolute atomic E-state index is 14.7. The molecule has 3 aromatic rings. The summed E-state index contributed by atoms with van der Waals surface area (Å²) in [5.74, 6) is 1.92. The Labute approximate surface area is 287 Å². The number of hydrazone groups is 1. The molecule has 0 aromatic heterocycles. The normalized spacial score (nSPS) is 22.8. The van der Waals surface area contributed by atoms with Crippen LogP contribution in [0.4, 0.5) is 0 Å². The Balaban J connectivity index is 1.15. The van der Waals surface area contributed by atoms with Crippen molar-refractivity contribution >= 4 is 34.8 Å². The SMILES string of the molecule is CC(C)C1CCC2(CC1)N=C(c1ccc(OCc3ccccc3)c(Cl)c1)C(=O)N2[C@@H](c1ccc(C(=O)NCC2=NNNC2)cc1)C1CC1. The van der Waals surface area contributed by atoms with Crippen LogP contribution >= 0.6 is 11.6 Å². The number of carbonyl (C=O) groups excluding carboxylic acids is 2. The van der Waals surface area contributed by atoms with Gasteiger partial charge in [-0.15, -0.1) is 0 Å². The molecule has 2 saturated carbocycles. The van der Waals surface area contributed by atoms with Crippen LogP contribution in [0, 0.1) is 17.8 Å². The standard InChI is InChI=1S/C38H43ClN6O3/c1-24(2)26-16-18-38(19-17-26)42-34(30-14-15-33(32(39)20-30)48-23-25-6-4-3-5-7-25)37(47)45(38)35(27-8-9-27)28-10-12-29(13-11-28)36(46)40-21-31-22-41-44-43-31/h3-7,10-15,20,24,26-27,35,41,44H,8-9,16-19,21-23H2,1-2H3,(H,40,46)/t26?,35-,38?/m1/s1. The molecule has 1 atom stereocenters. The van der Waals surface area contributed by atoms with Crippen molar-refractivity contribution in [2.75, 3.05) is 13.1 Å². The topological polar surface area (TPSA) is 107 Å². The van der Waals surface area contributed by atoms with Gasteiger partial charge < -0.3 is 15.0 Å². The molecule has 0 radical (unpaired) electrons. The Morgan fingerprint density at radius 3 is 2.42 bits per heavy atom. The number of carbonyl (C=O) groups is 2. The van der Waals surface area contributed by atoms with Gasteiger partial charge in [0.2, 0.25) is 0 Å². The Morgan fingerprint density at radius 1 is 1.02 bits per heavy atom. The molecule has 2 aliphatic carbocycles. The van der Waals surface area contributed by atoms with E-state index in [0.29, 0.717) is 65.1 Å². The molecule has 1 spiro atoms. The molecule has 0 bridgehead atoms. The van der Waals surface area contributed by atoms with Gasteiger partial charge in [-0.3, -0.25) is 14.6 Å². The van der Waals surface area contributed by atoms with Gasteiger partial charge in [-0.1, -0.05) is 67.9 Å². The molecule has 2 heterocycles. The fraction of sp³-hybridized carbons (Fsp3) is 0.421. The summed E-state index contributed by atoms with van der Waals surface area (Å²) < 4.78 is 6.03. The first-order chi connectivity index (χ1) is 23.3. The fourth-order valence-corrected chi connectivity index (χ4v) is 7.61. The molecule has 250 valence electrons. The first-order valence-corrected chi connectivity index (χ1v) is 17.5. The summed E-state index contributed by atoms with van der Waals surface area (Å²) in [5, 5.41) is 7.50. The van der Waals surface area contributed by atoms with E-state index in [4.69, 9.17) is 21.3 Å². The van der Waals surface area contributed by atoms with Gasteiger partial charge in [0.25, 0.3) is 11.8 Å². The first kappa shape index (κ1) is 32.3. The van der Waals surface area contributed by atoms with Crippen LogP contribution in [0.3, 0.4) is 0 Å². The summed E-state index contributed by atoms with van der Waals surface area (Å²) >= 11 is 6.76. The van der Waals surface area contributed by atoms with Gasteiger partial charge in [-0.05, 0) is 97.7 Å². The smallest absolute Gasteiger partial charge is 0.275 e. The van der Waals surface area contributed by atoms with Crippen molar-refractivity contribution in [3.8, 4) is 5.75 Å². The Bertz CT molecular complexity index is 1710. The van der Waals surface area contributed by atoms with Crippen molar-refractivity contribution in [1.82, 2.24) is 21.2 Å². The number of hydrogen-bond acceptors (Lipinski definition) is 7. The molecule has 10 heteroatoms. The number of ether oxygens (including phenoxy) is 1. The monoisotopic (exact) mass is 666 g/mol. The van der Waals surface area contributed by atoms with E-state index in [2.05, 4.69) is 40.1 Å². The van der Waals surface area contributed by atoms with E-state index in [0.717, 1.165) is 55.4 Å². The molecule has 3 N–H and O–H groups in total. The van der Waals surface area contributed by atoms with Crippen LogP contribution in [-0.4, -0.2) is 46.9 Å². The maximum Gasteiger partial charge on any atom is 0.275 e. The molecule has 2 fully saturated rings. The minimum Gasteiger partial charge on any atom is -0.487 e. The molecule has 0 saturated heterocycles. The van der Waals surface area contributed by atoms with Crippen LogP contribution in [-0.2, 0) is 11.4 Å². The van der Waals surface area contributed by atoms with Crippen molar-refractivity contribution in [2.24, 2.45) is 27.8 Å². The van der Waals surface area contributed by atoms with Gasteiger partial charge in [0.05, 0.1) is 29.9 Å². The fourth-order valence-electron chi connectivity index (χ4n) is 7.37. The highest BCUT2D eigenvalue weighted by Gasteiger charge is 2.54. The molecular weight excluding hydrogens is 624 g/mol. The summed E-state index contributed by atoms with van der Waals surface area (Å²) in [6.07, 6.45) is 5.82. The Kier molecular flexibility index (Phi) is 9.25. The number of nitrogens with zero attached hydrogens (tertiary/aromatic N) is 3. The quantitative estimate of drug-likeness (QED) is 0.218. The lowest BCUT2D eigenvalue weighted by Gasteiger charge is -2.46. The minimum atomic E-state index is -0.611. The minimum absolute atomic E-state index is 0.0507. The van der Waals surface area contributed by atoms with Gasteiger partial charge >= 0.3 is 0 Å². The highest BCUT2D eigenvalue weighted by atomic mass is 35.5. The van der Waals surface area contributed by atoms with Crippen molar-refractivity contribution in [3.05, 3.63) is 100 Å². The van der Waals surface area contributed by atoms with Crippen molar-refractivity contribution in [2.45, 2.75) is 70.7 Å². The molecular formula is C38H43ClN6O3. The second-order valence-electron chi connectivity index (χ2n) is 13.8. The third-order valence-electron chi connectivity index (χ3n) is 10.3. The third kappa shape index (κ3) is 6.71. The van der Waals surface area contributed by atoms with Crippen molar-refractivity contribution in [3.63, 3.8) is 0 Å². The zero-order chi connectivity index (χ0) is 33.3. The van der Waals surface area contributed by atoms with Gasteiger partial charge in [-0.2, -0.15) is 5.10 Å². The number of hydrazine groups is 1. The predicted molar refractivity (Wildman–Crippen MR) is 188 cm³/mol. The maximum atomic E-state index is 14.7. The predicted octanol–water partition coefficient (Wildman–Crippen LogP) is 6.44.